The predicted octanol–water partition coefficient (Wildman–Crippen LogP) is 4.57. The van der Waals surface area contributed by atoms with Crippen LogP contribution in [0.4, 0.5) is 13.2 Å². The highest BCUT2D eigenvalue weighted by Gasteiger charge is 2.42. The number of hydrogen-bond acceptors (Lipinski definition) is 5. The molecule has 182 valence electrons. The highest BCUT2D eigenvalue weighted by atomic mass is 19.4. The SMILES string of the molecule is CCN(CC)CCc1c(-c2ccccc2)c2c(OC(=O)C(F)(F)F)c(OC)ccc2c(=O)n1C. The van der Waals surface area contributed by atoms with Crippen molar-refractivity contribution in [3.63, 3.8) is 0 Å². The molecule has 34 heavy (non-hydrogen) atoms. The third-order valence-electron chi connectivity index (χ3n) is 5.87. The van der Waals surface area contributed by atoms with E-state index < -0.39 is 23.5 Å². The van der Waals surface area contributed by atoms with Crippen LogP contribution in [0.15, 0.2) is 47.3 Å². The third-order valence-corrected chi connectivity index (χ3v) is 5.87. The zero-order valence-corrected chi connectivity index (χ0v) is 19.5. The predicted molar refractivity (Wildman–Crippen MR) is 124 cm³/mol. The summed E-state index contributed by atoms with van der Waals surface area (Å²) in [5.41, 5.74) is 1.41. The standard InChI is InChI=1S/C25H27F3N2O4/c1-5-30(6-2)15-14-18-20(16-10-8-7-9-11-16)21-17(23(31)29(18)3)12-13-19(33-4)22(21)34-24(32)25(26,27)28/h7-13H,5-6,14-15H2,1-4H3. The van der Waals surface area contributed by atoms with E-state index in [0.717, 1.165) is 13.1 Å². The van der Waals surface area contributed by atoms with E-state index in [1.54, 1.807) is 31.3 Å². The Labute approximate surface area is 195 Å². The van der Waals surface area contributed by atoms with Gasteiger partial charge in [-0.1, -0.05) is 44.2 Å². The van der Waals surface area contributed by atoms with Gasteiger partial charge in [-0.2, -0.15) is 13.2 Å². The van der Waals surface area contributed by atoms with Gasteiger partial charge in [-0.15, -0.1) is 0 Å². The highest BCUT2D eigenvalue weighted by molar-refractivity contribution is 6.04. The molecule has 2 aromatic carbocycles. The first-order valence-electron chi connectivity index (χ1n) is 10.9. The zero-order chi connectivity index (χ0) is 25.0. The maximum Gasteiger partial charge on any atom is 0.491 e. The Bertz CT molecular complexity index is 1230. The smallest absolute Gasteiger partial charge is 0.491 e. The van der Waals surface area contributed by atoms with Gasteiger partial charge in [0.15, 0.2) is 11.5 Å². The van der Waals surface area contributed by atoms with Crippen LogP contribution in [0.25, 0.3) is 21.9 Å². The molecule has 1 aromatic heterocycles. The number of ether oxygens (including phenoxy) is 2. The Morgan fingerprint density at radius 2 is 1.71 bits per heavy atom. The van der Waals surface area contributed by atoms with Crippen molar-refractivity contribution < 1.29 is 27.4 Å². The maximum absolute atomic E-state index is 13.3. The van der Waals surface area contributed by atoms with Crippen LogP contribution >= 0.6 is 0 Å². The first-order valence-corrected chi connectivity index (χ1v) is 10.9. The van der Waals surface area contributed by atoms with Gasteiger partial charge < -0.3 is 18.9 Å². The number of esters is 1. The molecule has 0 fully saturated rings. The minimum Gasteiger partial charge on any atom is -0.493 e. The molecule has 0 bridgehead atoms. The summed E-state index contributed by atoms with van der Waals surface area (Å²) in [4.78, 5) is 27.3. The zero-order valence-electron chi connectivity index (χ0n) is 19.5. The topological polar surface area (TPSA) is 60.8 Å². The molecule has 0 amide bonds. The largest absolute Gasteiger partial charge is 0.493 e. The molecule has 0 aliphatic carbocycles. The van der Waals surface area contributed by atoms with Crippen molar-refractivity contribution in [3.8, 4) is 22.6 Å². The van der Waals surface area contributed by atoms with E-state index in [2.05, 4.69) is 4.90 Å². The Hall–Kier alpha value is -3.33. The molecular formula is C25H27F3N2O4. The summed E-state index contributed by atoms with van der Waals surface area (Å²) < 4.78 is 50.9. The monoisotopic (exact) mass is 476 g/mol. The van der Waals surface area contributed by atoms with E-state index in [1.165, 1.54) is 23.8 Å². The molecule has 3 aromatic rings. The van der Waals surface area contributed by atoms with Crippen molar-refractivity contribution in [2.75, 3.05) is 26.7 Å². The molecule has 0 aliphatic heterocycles. The number of methoxy groups -OCH3 is 1. The molecule has 9 heteroatoms. The van der Waals surface area contributed by atoms with Crippen LogP contribution in [0.1, 0.15) is 19.5 Å². The highest BCUT2D eigenvalue weighted by Crippen LogP contribution is 2.42. The molecular weight excluding hydrogens is 449 g/mol. The molecule has 6 nitrogen and oxygen atoms in total. The fourth-order valence-electron chi connectivity index (χ4n) is 4.03. The van der Waals surface area contributed by atoms with Crippen molar-refractivity contribution in [2.24, 2.45) is 7.05 Å². The van der Waals surface area contributed by atoms with E-state index in [0.29, 0.717) is 29.8 Å². The number of benzene rings is 2. The van der Waals surface area contributed by atoms with E-state index in [1.807, 2.05) is 19.9 Å². The van der Waals surface area contributed by atoms with Crippen LogP contribution in [0.5, 0.6) is 11.5 Å². The fourth-order valence-corrected chi connectivity index (χ4v) is 4.03. The van der Waals surface area contributed by atoms with Crippen molar-refractivity contribution in [2.45, 2.75) is 26.4 Å². The Morgan fingerprint density at radius 1 is 1.06 bits per heavy atom. The van der Waals surface area contributed by atoms with Gasteiger partial charge in [0.25, 0.3) is 5.56 Å². The van der Waals surface area contributed by atoms with Gasteiger partial charge in [0.2, 0.25) is 0 Å². The van der Waals surface area contributed by atoms with Gasteiger partial charge in [0, 0.05) is 36.7 Å². The molecule has 0 radical (unpaired) electrons. The Kier molecular flexibility index (Phi) is 7.66. The summed E-state index contributed by atoms with van der Waals surface area (Å²) in [7, 11) is 2.90. The van der Waals surface area contributed by atoms with Gasteiger partial charge >= 0.3 is 12.1 Å². The summed E-state index contributed by atoms with van der Waals surface area (Å²) in [6.45, 7) is 6.30. The number of nitrogens with zero attached hydrogens (tertiary/aromatic N) is 2. The normalized spacial score (nSPS) is 11.8. The lowest BCUT2D eigenvalue weighted by Gasteiger charge is -2.23. The number of carbonyl (C=O) groups excluding carboxylic acids is 1. The molecule has 0 saturated heterocycles. The average Bonchev–Trinajstić information content (AvgIpc) is 2.82. The van der Waals surface area contributed by atoms with Crippen LogP contribution in [0.2, 0.25) is 0 Å². The van der Waals surface area contributed by atoms with Crippen molar-refractivity contribution >= 4 is 16.7 Å². The van der Waals surface area contributed by atoms with E-state index in [-0.39, 0.29) is 16.5 Å². The van der Waals surface area contributed by atoms with E-state index in [9.17, 15) is 22.8 Å². The van der Waals surface area contributed by atoms with Gasteiger partial charge in [-0.3, -0.25) is 4.79 Å². The van der Waals surface area contributed by atoms with Crippen molar-refractivity contribution in [1.82, 2.24) is 9.47 Å². The van der Waals surface area contributed by atoms with E-state index >= 15 is 0 Å². The number of hydrogen-bond donors (Lipinski definition) is 0. The lowest BCUT2D eigenvalue weighted by molar-refractivity contribution is -0.189. The number of rotatable bonds is 8. The first kappa shape index (κ1) is 25.3. The second kappa shape index (κ2) is 10.3. The molecule has 0 N–H and O–H groups in total. The summed E-state index contributed by atoms with van der Waals surface area (Å²) in [6.07, 6.45) is -4.76. The second-order valence-electron chi connectivity index (χ2n) is 7.74. The van der Waals surface area contributed by atoms with Gasteiger partial charge in [0.05, 0.1) is 12.5 Å². The maximum atomic E-state index is 13.3. The number of alkyl halides is 3. The molecule has 1 heterocycles. The molecule has 3 rings (SSSR count). The summed E-state index contributed by atoms with van der Waals surface area (Å²) in [5.74, 6) is -2.89. The summed E-state index contributed by atoms with van der Waals surface area (Å²) in [5, 5.41) is 0.236. The number of fused-ring (bicyclic) bond motifs is 1. The lowest BCUT2D eigenvalue weighted by atomic mass is 9.94. The number of carbonyl (C=O) groups is 1. The number of halogens is 3. The molecule has 0 atom stereocenters. The minimum atomic E-state index is -5.22. The molecule has 0 spiro atoms. The van der Waals surface area contributed by atoms with Crippen LogP contribution in [0, 0.1) is 0 Å². The van der Waals surface area contributed by atoms with Crippen LogP contribution in [0.3, 0.4) is 0 Å². The van der Waals surface area contributed by atoms with Gasteiger partial charge in [-0.25, -0.2) is 4.79 Å². The van der Waals surface area contributed by atoms with Crippen molar-refractivity contribution in [3.05, 3.63) is 58.5 Å². The lowest BCUT2D eigenvalue weighted by Crippen LogP contribution is -2.30. The Morgan fingerprint density at radius 3 is 2.26 bits per heavy atom. The van der Waals surface area contributed by atoms with Crippen LogP contribution < -0.4 is 15.0 Å². The molecule has 0 saturated carbocycles. The minimum absolute atomic E-state index is 0.0785. The van der Waals surface area contributed by atoms with Crippen LogP contribution in [-0.2, 0) is 18.3 Å². The number of aromatic nitrogens is 1. The Balaban J connectivity index is 2.42. The van der Waals surface area contributed by atoms with E-state index in [4.69, 9.17) is 9.47 Å². The fraction of sp³-hybridized carbons (Fsp3) is 0.360. The second-order valence-corrected chi connectivity index (χ2v) is 7.74. The van der Waals surface area contributed by atoms with Gasteiger partial charge in [0.1, 0.15) is 0 Å². The van der Waals surface area contributed by atoms with Crippen LogP contribution in [-0.4, -0.2) is 48.4 Å². The number of likely N-dealkylation sites (N-methyl/N-ethyl adjacent to an activating group) is 1. The molecule has 0 unspecified atom stereocenters. The average molecular weight is 476 g/mol. The summed E-state index contributed by atoms with van der Waals surface area (Å²) >= 11 is 0. The quantitative estimate of drug-likeness (QED) is 0.352. The summed E-state index contributed by atoms with van der Waals surface area (Å²) in [6, 6.07) is 11.8. The number of pyridine rings is 1. The first-order chi connectivity index (χ1) is 16.1. The molecule has 0 aliphatic rings. The third kappa shape index (κ3) is 4.94. The van der Waals surface area contributed by atoms with Crippen molar-refractivity contribution in [1.29, 1.82) is 0 Å². The van der Waals surface area contributed by atoms with Gasteiger partial charge in [-0.05, 0) is 30.8 Å².